The number of nitrogens with one attached hydrogen (secondary N) is 2. The Kier molecular flexibility index (Phi) is 9.24. The number of nitrogens with zero attached hydrogens (tertiary/aromatic N) is 2. The second-order valence-corrected chi connectivity index (χ2v) is 5.59. The molecule has 0 radical (unpaired) electrons. The third-order valence-electron chi connectivity index (χ3n) is 3.59. The molecule has 1 aromatic carbocycles. The van der Waals surface area contributed by atoms with Crippen LogP contribution in [0, 0.1) is 12.7 Å². The molecule has 0 amide bonds. The molecular weight excluding hydrogens is 295 g/mol. The first kappa shape index (κ1) is 19.4. The zero-order chi connectivity index (χ0) is 17.1. The third kappa shape index (κ3) is 7.95. The molecule has 1 aromatic rings. The van der Waals surface area contributed by atoms with Gasteiger partial charge in [0.25, 0.3) is 0 Å². The van der Waals surface area contributed by atoms with Crippen molar-refractivity contribution in [3.8, 4) is 0 Å². The van der Waals surface area contributed by atoms with Crippen LogP contribution in [0.4, 0.5) is 4.39 Å². The van der Waals surface area contributed by atoms with Gasteiger partial charge in [0, 0.05) is 33.8 Å². The number of aliphatic imine (C=N–C) groups is 1. The number of rotatable bonds is 9. The number of aryl methyl sites for hydroxylation is 1. The molecular formula is C17H29FN4O. The standard InChI is InChI=1S/C17H29FN4O/c1-14-12-15(6-7-16(14)18)13-21-17(19-2)20-8-5-9-22(3)10-11-23-4/h6-7,12H,5,8-11,13H2,1-4H3,(H2,19,20,21). The molecule has 5 nitrogen and oxygen atoms in total. The first-order valence-corrected chi connectivity index (χ1v) is 7.94. The van der Waals surface area contributed by atoms with Crippen molar-refractivity contribution in [2.45, 2.75) is 19.9 Å². The lowest BCUT2D eigenvalue weighted by atomic mass is 10.1. The summed E-state index contributed by atoms with van der Waals surface area (Å²) in [5.74, 6) is 0.584. The number of methoxy groups -OCH3 is 1. The number of halogens is 1. The quantitative estimate of drug-likeness (QED) is 0.413. The Morgan fingerprint density at radius 1 is 1.30 bits per heavy atom. The summed E-state index contributed by atoms with van der Waals surface area (Å²) >= 11 is 0. The zero-order valence-corrected chi connectivity index (χ0v) is 14.7. The van der Waals surface area contributed by atoms with Gasteiger partial charge >= 0.3 is 0 Å². The maximum absolute atomic E-state index is 13.2. The van der Waals surface area contributed by atoms with E-state index in [1.165, 1.54) is 6.07 Å². The summed E-state index contributed by atoms with van der Waals surface area (Å²) in [4.78, 5) is 6.43. The summed E-state index contributed by atoms with van der Waals surface area (Å²) in [6, 6.07) is 5.13. The Morgan fingerprint density at radius 2 is 2.09 bits per heavy atom. The summed E-state index contributed by atoms with van der Waals surface area (Å²) < 4.78 is 18.3. The van der Waals surface area contributed by atoms with Gasteiger partial charge in [-0.2, -0.15) is 0 Å². The van der Waals surface area contributed by atoms with E-state index in [4.69, 9.17) is 4.74 Å². The van der Waals surface area contributed by atoms with Crippen LogP contribution < -0.4 is 10.6 Å². The first-order valence-electron chi connectivity index (χ1n) is 7.94. The third-order valence-corrected chi connectivity index (χ3v) is 3.59. The average Bonchev–Trinajstić information content (AvgIpc) is 2.55. The maximum Gasteiger partial charge on any atom is 0.191 e. The largest absolute Gasteiger partial charge is 0.383 e. The van der Waals surface area contributed by atoms with E-state index in [1.54, 1.807) is 27.1 Å². The van der Waals surface area contributed by atoms with Gasteiger partial charge in [-0.3, -0.25) is 4.99 Å². The van der Waals surface area contributed by atoms with Crippen molar-refractivity contribution >= 4 is 5.96 Å². The predicted octanol–water partition coefficient (Wildman–Crippen LogP) is 1.77. The fourth-order valence-corrected chi connectivity index (χ4v) is 2.14. The fraction of sp³-hybridized carbons (Fsp3) is 0.588. The van der Waals surface area contributed by atoms with Gasteiger partial charge < -0.3 is 20.3 Å². The van der Waals surface area contributed by atoms with Crippen molar-refractivity contribution < 1.29 is 9.13 Å². The van der Waals surface area contributed by atoms with Gasteiger partial charge in [0.1, 0.15) is 5.82 Å². The number of ether oxygens (including phenoxy) is 1. The second-order valence-electron chi connectivity index (χ2n) is 5.59. The monoisotopic (exact) mass is 324 g/mol. The summed E-state index contributed by atoms with van der Waals surface area (Å²) in [5.41, 5.74) is 1.69. The van der Waals surface area contributed by atoms with Crippen LogP contribution in [0.1, 0.15) is 17.5 Å². The van der Waals surface area contributed by atoms with Crippen LogP contribution >= 0.6 is 0 Å². The van der Waals surface area contributed by atoms with Crippen LogP contribution in [0.15, 0.2) is 23.2 Å². The zero-order valence-electron chi connectivity index (χ0n) is 14.7. The van der Waals surface area contributed by atoms with E-state index in [-0.39, 0.29) is 5.82 Å². The highest BCUT2D eigenvalue weighted by Gasteiger charge is 2.02. The van der Waals surface area contributed by atoms with Gasteiger partial charge in [-0.1, -0.05) is 12.1 Å². The highest BCUT2D eigenvalue weighted by atomic mass is 19.1. The Bertz CT molecular complexity index is 493. The molecule has 0 saturated carbocycles. The van der Waals surface area contributed by atoms with Crippen molar-refractivity contribution in [1.29, 1.82) is 0 Å². The fourth-order valence-electron chi connectivity index (χ4n) is 2.14. The lowest BCUT2D eigenvalue weighted by Crippen LogP contribution is -2.38. The van der Waals surface area contributed by atoms with Crippen molar-refractivity contribution in [3.05, 3.63) is 35.1 Å². The molecule has 0 aromatic heterocycles. The SMILES string of the molecule is CN=C(NCCCN(C)CCOC)NCc1ccc(F)c(C)c1. The number of likely N-dealkylation sites (N-methyl/N-ethyl adjacent to an activating group) is 1. The van der Waals surface area contributed by atoms with Crippen LogP contribution in [0.5, 0.6) is 0 Å². The van der Waals surface area contributed by atoms with E-state index >= 15 is 0 Å². The molecule has 130 valence electrons. The lowest BCUT2D eigenvalue weighted by molar-refractivity contribution is 0.161. The van der Waals surface area contributed by atoms with E-state index < -0.39 is 0 Å². The molecule has 0 aliphatic carbocycles. The van der Waals surface area contributed by atoms with Gasteiger partial charge in [-0.05, 0) is 44.1 Å². The van der Waals surface area contributed by atoms with Crippen molar-refractivity contribution in [3.63, 3.8) is 0 Å². The van der Waals surface area contributed by atoms with E-state index in [2.05, 4.69) is 27.6 Å². The molecule has 0 atom stereocenters. The molecule has 0 saturated heterocycles. The minimum Gasteiger partial charge on any atom is -0.383 e. The van der Waals surface area contributed by atoms with E-state index in [1.807, 2.05) is 6.07 Å². The van der Waals surface area contributed by atoms with E-state index in [0.29, 0.717) is 12.1 Å². The molecule has 0 aliphatic heterocycles. The molecule has 2 N–H and O–H groups in total. The number of guanidine groups is 1. The Balaban J connectivity index is 2.25. The molecule has 0 fully saturated rings. The van der Waals surface area contributed by atoms with Gasteiger partial charge in [-0.15, -0.1) is 0 Å². The van der Waals surface area contributed by atoms with Gasteiger partial charge in [-0.25, -0.2) is 4.39 Å². The number of hydrogen-bond donors (Lipinski definition) is 2. The molecule has 6 heteroatoms. The van der Waals surface area contributed by atoms with Crippen LogP contribution in [-0.4, -0.2) is 58.3 Å². The Morgan fingerprint density at radius 3 is 2.74 bits per heavy atom. The second kappa shape index (κ2) is 11.0. The lowest BCUT2D eigenvalue weighted by Gasteiger charge is -2.17. The molecule has 0 heterocycles. The topological polar surface area (TPSA) is 48.9 Å². The molecule has 0 spiro atoms. The molecule has 1 rings (SSSR count). The minimum atomic E-state index is -0.172. The summed E-state index contributed by atoms with van der Waals surface area (Å²) in [5, 5.41) is 6.52. The molecule has 0 aliphatic rings. The molecule has 0 bridgehead atoms. The van der Waals surface area contributed by atoms with Gasteiger partial charge in [0.2, 0.25) is 0 Å². The Labute approximate surface area is 138 Å². The van der Waals surface area contributed by atoms with Crippen LogP contribution in [0.3, 0.4) is 0 Å². The van der Waals surface area contributed by atoms with Crippen LogP contribution in [-0.2, 0) is 11.3 Å². The summed E-state index contributed by atoms with van der Waals surface area (Å²) in [7, 11) is 5.55. The predicted molar refractivity (Wildman–Crippen MR) is 93.3 cm³/mol. The highest BCUT2D eigenvalue weighted by molar-refractivity contribution is 5.79. The smallest absolute Gasteiger partial charge is 0.191 e. The van der Waals surface area contributed by atoms with E-state index in [9.17, 15) is 4.39 Å². The van der Waals surface area contributed by atoms with Crippen molar-refractivity contribution in [1.82, 2.24) is 15.5 Å². The highest BCUT2D eigenvalue weighted by Crippen LogP contribution is 2.08. The van der Waals surface area contributed by atoms with Gasteiger partial charge in [0.15, 0.2) is 5.96 Å². The summed E-state index contributed by atoms with van der Waals surface area (Å²) in [6.07, 6.45) is 1.02. The molecule has 0 unspecified atom stereocenters. The number of hydrogen-bond acceptors (Lipinski definition) is 3. The first-order chi connectivity index (χ1) is 11.1. The normalized spacial score (nSPS) is 11.8. The van der Waals surface area contributed by atoms with Crippen molar-refractivity contribution in [2.75, 3.05) is 47.4 Å². The maximum atomic E-state index is 13.2. The van der Waals surface area contributed by atoms with Crippen molar-refractivity contribution in [2.24, 2.45) is 4.99 Å². The molecule has 23 heavy (non-hydrogen) atoms. The van der Waals surface area contributed by atoms with Gasteiger partial charge in [0.05, 0.1) is 6.61 Å². The van der Waals surface area contributed by atoms with Crippen LogP contribution in [0.25, 0.3) is 0 Å². The Hall–Kier alpha value is -1.66. The van der Waals surface area contributed by atoms with E-state index in [0.717, 1.165) is 44.2 Å². The minimum absolute atomic E-state index is 0.172. The average molecular weight is 324 g/mol. The number of benzene rings is 1. The van der Waals surface area contributed by atoms with Crippen LogP contribution in [0.2, 0.25) is 0 Å². The summed E-state index contributed by atoms with van der Waals surface area (Å²) in [6.45, 7) is 5.93.